The van der Waals surface area contributed by atoms with E-state index in [4.69, 9.17) is 0 Å². The summed E-state index contributed by atoms with van der Waals surface area (Å²) >= 11 is 0. The Labute approximate surface area is 269 Å². The third-order valence-electron chi connectivity index (χ3n) is 9.21. The molecule has 0 amide bonds. The van der Waals surface area contributed by atoms with Crippen LogP contribution in [0, 0.1) is 0 Å². The molecule has 7 rings (SSSR count). The van der Waals surface area contributed by atoms with E-state index < -0.39 is 64.7 Å². The monoisotopic (exact) mass is 668 g/mol. The molecule has 0 aliphatic carbocycles. The number of rotatable bonds is 1. The second-order valence-electron chi connectivity index (χ2n) is 11.9. The van der Waals surface area contributed by atoms with Gasteiger partial charge in [-0.15, -0.1) is 0 Å². The van der Waals surface area contributed by atoms with Crippen LogP contribution in [-0.4, -0.2) is 0 Å². The summed E-state index contributed by atoms with van der Waals surface area (Å²) in [6.45, 7) is 4.35. The van der Waals surface area contributed by atoms with Gasteiger partial charge in [-0.1, -0.05) is 48.5 Å². The van der Waals surface area contributed by atoms with Crippen LogP contribution in [0.3, 0.4) is 0 Å². The lowest BCUT2D eigenvalue weighted by atomic mass is 9.78. The van der Waals surface area contributed by atoms with Gasteiger partial charge in [0.2, 0.25) is 23.1 Å². The van der Waals surface area contributed by atoms with E-state index in [2.05, 4.69) is 6.58 Å². The quantitative estimate of drug-likeness (QED) is 0.124. The van der Waals surface area contributed by atoms with E-state index in [1.165, 1.54) is 16.8 Å². The highest BCUT2D eigenvalue weighted by Gasteiger charge is 2.54. The Morgan fingerprint density at radius 2 is 1.27 bits per heavy atom. The molecule has 48 heavy (non-hydrogen) atoms. The van der Waals surface area contributed by atoms with Crippen molar-refractivity contribution in [3.63, 3.8) is 0 Å². The summed E-state index contributed by atoms with van der Waals surface area (Å²) in [5.41, 5.74) is -5.33. The first kappa shape index (κ1) is 31.7. The van der Waals surface area contributed by atoms with Gasteiger partial charge >= 0.3 is 18.5 Å². The largest absolute Gasteiger partial charge is 0.417 e. The first-order chi connectivity index (χ1) is 22.7. The highest BCUT2D eigenvalue weighted by molar-refractivity contribution is 5.74. The van der Waals surface area contributed by atoms with Gasteiger partial charge in [0, 0.05) is 29.8 Å². The Balaban J connectivity index is 1.62. The fourth-order valence-electron chi connectivity index (χ4n) is 7.30. The maximum absolute atomic E-state index is 14.9. The van der Waals surface area contributed by atoms with Crippen LogP contribution in [0.25, 0.3) is 39.3 Å². The summed E-state index contributed by atoms with van der Waals surface area (Å²) in [6.07, 6.45) is -14.9. The van der Waals surface area contributed by atoms with Crippen molar-refractivity contribution in [3.8, 4) is 33.6 Å². The first-order valence-electron chi connectivity index (χ1n) is 15.0. The zero-order chi connectivity index (χ0) is 34.2. The molecule has 11 heteroatoms. The molecular weight excluding hydrogens is 643 g/mol. The Hall–Kier alpha value is -4.93. The number of pyridine rings is 2. The minimum Gasteiger partial charge on any atom is -0.184 e. The van der Waals surface area contributed by atoms with Gasteiger partial charge in [0.25, 0.3) is 0 Å². The molecule has 0 saturated heterocycles. The van der Waals surface area contributed by atoms with Gasteiger partial charge in [-0.3, -0.25) is 0 Å². The summed E-state index contributed by atoms with van der Waals surface area (Å²) in [7, 11) is 0. The smallest absolute Gasteiger partial charge is 0.184 e. The van der Waals surface area contributed by atoms with Crippen LogP contribution in [0.15, 0.2) is 110 Å². The van der Waals surface area contributed by atoms with Crippen molar-refractivity contribution >= 4 is 5.70 Å². The molecule has 4 heterocycles. The molecular formula is C37H25F9N2+2. The average Bonchev–Trinajstić information content (AvgIpc) is 3.09. The van der Waals surface area contributed by atoms with E-state index in [9.17, 15) is 39.5 Å². The Morgan fingerprint density at radius 1 is 0.604 bits per heavy atom. The van der Waals surface area contributed by atoms with E-state index >= 15 is 0 Å². The molecule has 2 aromatic heterocycles. The fourth-order valence-corrected chi connectivity index (χ4v) is 7.30. The molecule has 244 valence electrons. The van der Waals surface area contributed by atoms with Crippen LogP contribution >= 0.6 is 0 Å². The van der Waals surface area contributed by atoms with Crippen molar-refractivity contribution in [3.05, 3.63) is 138 Å². The molecule has 2 aliphatic heterocycles. The Kier molecular flexibility index (Phi) is 7.30. The summed E-state index contributed by atoms with van der Waals surface area (Å²) < 4.78 is 135. The summed E-state index contributed by atoms with van der Waals surface area (Å²) in [6, 6.07) is 24.0. The number of benzene rings is 3. The van der Waals surface area contributed by atoms with Crippen molar-refractivity contribution in [1.29, 1.82) is 0 Å². The maximum atomic E-state index is 14.9. The number of hydrogen-bond acceptors (Lipinski definition) is 0. The SMILES string of the molecule is C=C1C2C(CCc3c(cc(C(F)(F)F)c(C(F)(F)F)c3C(F)(F)F)-c3cc(-c4ccccc4)cc[n+]31)c1ccccc1-c1cccc[n+]12. The topological polar surface area (TPSA) is 7.76 Å². The van der Waals surface area contributed by atoms with Crippen molar-refractivity contribution in [2.75, 3.05) is 0 Å². The molecule has 2 atom stereocenters. The average molecular weight is 669 g/mol. The van der Waals surface area contributed by atoms with Crippen molar-refractivity contribution in [2.24, 2.45) is 0 Å². The molecule has 5 aromatic rings. The van der Waals surface area contributed by atoms with Gasteiger partial charge in [0.15, 0.2) is 12.4 Å². The second kappa shape index (κ2) is 11.1. The third kappa shape index (κ3) is 5.16. The lowest BCUT2D eigenvalue weighted by Crippen LogP contribution is -2.53. The molecule has 0 fully saturated rings. The summed E-state index contributed by atoms with van der Waals surface area (Å²) in [5, 5.41) is 0. The first-order valence-corrected chi connectivity index (χ1v) is 15.0. The predicted molar refractivity (Wildman–Crippen MR) is 160 cm³/mol. The number of aromatic nitrogens is 2. The maximum Gasteiger partial charge on any atom is 0.417 e. The number of fused-ring (bicyclic) bond motifs is 9. The molecule has 2 unspecified atom stereocenters. The number of nitrogens with zero attached hydrogens (tertiary/aromatic N) is 2. The zero-order valence-electron chi connectivity index (χ0n) is 24.9. The molecule has 3 aromatic carbocycles. The van der Waals surface area contributed by atoms with Gasteiger partial charge in [-0.05, 0) is 59.9 Å². The molecule has 0 bridgehead atoms. The van der Waals surface area contributed by atoms with Gasteiger partial charge < -0.3 is 0 Å². The van der Waals surface area contributed by atoms with Crippen LogP contribution in [0.1, 0.15) is 46.2 Å². The lowest BCUT2D eigenvalue weighted by Gasteiger charge is -2.29. The molecule has 2 aliphatic rings. The molecule has 0 radical (unpaired) electrons. The van der Waals surface area contributed by atoms with E-state index in [-0.39, 0.29) is 18.2 Å². The number of hydrogen-bond donors (Lipinski definition) is 0. The highest BCUT2D eigenvalue weighted by atomic mass is 19.4. The van der Waals surface area contributed by atoms with E-state index in [0.29, 0.717) is 16.8 Å². The van der Waals surface area contributed by atoms with Crippen LogP contribution in [-0.2, 0) is 24.9 Å². The van der Waals surface area contributed by atoms with Gasteiger partial charge in [0.05, 0.1) is 28.2 Å². The molecule has 0 N–H and O–H groups in total. The van der Waals surface area contributed by atoms with Crippen molar-refractivity contribution in [1.82, 2.24) is 0 Å². The normalized spacial score (nSPS) is 17.6. The lowest BCUT2D eigenvalue weighted by molar-refractivity contribution is -0.727. The standard InChI is InChI=1S/C37H25F9N2/c1-21-34-27(24-11-5-6-12-25(24)30-13-7-8-17-48(30)34)15-14-26-28(31-19-23(16-18-47(21)31)22-9-3-2-4-10-22)20-29(35(38,39)40)33(37(44,45)46)32(26)36(41,42)43/h2-13,16-20,27,34H,1,14-15H2/q+2. The Bertz CT molecular complexity index is 2080. The van der Waals surface area contributed by atoms with E-state index in [0.717, 1.165) is 16.8 Å². The van der Waals surface area contributed by atoms with Crippen molar-refractivity contribution < 1.29 is 48.6 Å². The van der Waals surface area contributed by atoms with E-state index in [1.54, 1.807) is 60.8 Å². The number of allylic oxidation sites excluding steroid dienone is 1. The minimum atomic E-state index is -5.95. The second-order valence-corrected chi connectivity index (χ2v) is 11.9. The number of halogens is 9. The molecule has 0 spiro atoms. The van der Waals surface area contributed by atoms with Gasteiger partial charge in [-0.2, -0.15) is 48.6 Å². The van der Waals surface area contributed by atoms with Crippen LogP contribution in [0.5, 0.6) is 0 Å². The third-order valence-corrected chi connectivity index (χ3v) is 9.21. The van der Waals surface area contributed by atoms with Crippen LogP contribution in [0.4, 0.5) is 39.5 Å². The molecule has 0 saturated carbocycles. The van der Waals surface area contributed by atoms with Crippen molar-refractivity contribution in [2.45, 2.75) is 43.3 Å². The minimum absolute atomic E-state index is 0.110. The summed E-state index contributed by atoms with van der Waals surface area (Å²) in [5.74, 6) is -0.591. The Morgan fingerprint density at radius 3 is 1.96 bits per heavy atom. The zero-order valence-corrected chi connectivity index (χ0v) is 24.9. The highest BCUT2D eigenvalue weighted by Crippen LogP contribution is 2.52. The fraction of sp³-hybridized carbons (Fsp3) is 0.189. The predicted octanol–water partition coefficient (Wildman–Crippen LogP) is 10.1. The number of alkyl halides is 9. The van der Waals surface area contributed by atoms with E-state index in [1.807, 2.05) is 28.8 Å². The van der Waals surface area contributed by atoms with Gasteiger partial charge in [-0.25, -0.2) is 0 Å². The van der Waals surface area contributed by atoms with Crippen LogP contribution in [0.2, 0.25) is 0 Å². The molecule has 2 nitrogen and oxygen atoms in total. The summed E-state index contributed by atoms with van der Waals surface area (Å²) in [4.78, 5) is 0. The van der Waals surface area contributed by atoms with Gasteiger partial charge in [0.1, 0.15) is 0 Å². The van der Waals surface area contributed by atoms with Crippen LogP contribution < -0.4 is 9.13 Å².